The van der Waals surface area contributed by atoms with Gasteiger partial charge in [0.15, 0.2) is 5.78 Å². The summed E-state index contributed by atoms with van der Waals surface area (Å²) < 4.78 is 32.4. The average Bonchev–Trinajstić information content (AvgIpc) is 3.07. The van der Waals surface area contributed by atoms with Crippen molar-refractivity contribution in [2.45, 2.75) is 26.3 Å². The molecule has 4 heterocycles. The van der Waals surface area contributed by atoms with E-state index in [1.54, 1.807) is 19.0 Å². The van der Waals surface area contributed by atoms with Crippen molar-refractivity contribution in [3.05, 3.63) is 62.6 Å². The third-order valence-corrected chi connectivity index (χ3v) is 10.0. The van der Waals surface area contributed by atoms with Gasteiger partial charge in [-0.1, -0.05) is 0 Å². The average molecular weight is 667 g/mol. The molecule has 14 nitrogen and oxygen atoms in total. The lowest BCUT2D eigenvalue weighted by atomic mass is 9.91. The molecule has 0 saturated carbocycles. The number of aromatic nitrogens is 3. The zero-order valence-corrected chi connectivity index (χ0v) is 27.8. The first kappa shape index (κ1) is 34.2. The molecule has 2 aliphatic heterocycles. The van der Waals surface area contributed by atoms with Crippen molar-refractivity contribution in [3.63, 3.8) is 0 Å². The highest BCUT2D eigenvalue weighted by molar-refractivity contribution is 7.95. The fourth-order valence-electron chi connectivity index (χ4n) is 5.79. The molecule has 47 heavy (non-hydrogen) atoms. The number of anilines is 3. The summed E-state index contributed by atoms with van der Waals surface area (Å²) in [6.07, 6.45) is 3.14. The van der Waals surface area contributed by atoms with Gasteiger partial charge in [-0.3, -0.25) is 14.2 Å². The molecule has 0 bridgehead atoms. The number of aliphatic hydroxyl groups is 1. The predicted octanol–water partition coefficient (Wildman–Crippen LogP) is 2.26. The SMILES string of the molecule is Cc1cc(Nc2ncc3cc(C(=O)C4CCOCC4)c(=O)n(C/C(C=N)=C(/O)S(=O)(=O)CCN(C)C)c3n2)ccc1N1CCNCC1. The maximum Gasteiger partial charge on any atom is 0.263 e. The first-order chi connectivity index (χ1) is 22.5. The van der Waals surface area contributed by atoms with Gasteiger partial charge in [-0.2, -0.15) is 4.98 Å². The van der Waals surface area contributed by atoms with E-state index in [-0.39, 0.29) is 40.8 Å². The van der Waals surface area contributed by atoms with Crippen LogP contribution in [0.3, 0.4) is 0 Å². The molecule has 0 aliphatic carbocycles. The molecule has 2 fully saturated rings. The van der Waals surface area contributed by atoms with Crippen molar-refractivity contribution < 1.29 is 23.1 Å². The summed E-state index contributed by atoms with van der Waals surface area (Å²) in [6, 6.07) is 7.41. The minimum atomic E-state index is -4.17. The molecule has 1 aromatic carbocycles. The molecule has 2 aliphatic rings. The Morgan fingerprint density at radius 2 is 1.94 bits per heavy atom. The standard InChI is InChI=1S/C32H42N8O6S/c1-21-16-25(4-5-27(21)39-10-8-34-9-11-39)36-32-35-19-23-17-26(28(41)22-6-13-46-14-7-22)30(42)40(29(23)37-32)20-24(18-33)31(43)47(44,45)15-12-38(2)3/h4-5,16-19,22,33-34,43H,6-15,20H2,1-3H3,(H,35,36,37)/b31-24-,33-18?. The number of allylic oxidation sites excluding steroid dienone is 1. The summed E-state index contributed by atoms with van der Waals surface area (Å²) in [5, 5.41) is 24.7. The van der Waals surface area contributed by atoms with E-state index in [1.807, 2.05) is 25.1 Å². The van der Waals surface area contributed by atoms with E-state index in [9.17, 15) is 23.1 Å². The van der Waals surface area contributed by atoms with Crippen molar-refractivity contribution in [3.8, 4) is 0 Å². The number of aryl methyl sites for hydroxylation is 1. The van der Waals surface area contributed by atoms with Gasteiger partial charge >= 0.3 is 0 Å². The zero-order chi connectivity index (χ0) is 33.7. The molecule has 0 unspecified atom stereocenters. The Hall–Kier alpha value is -4.18. The molecule has 0 radical (unpaired) electrons. The molecular formula is C32H42N8O6S. The van der Waals surface area contributed by atoms with E-state index in [1.165, 1.54) is 12.3 Å². The molecule has 2 aromatic heterocycles. The van der Waals surface area contributed by atoms with E-state index < -0.39 is 33.0 Å². The Morgan fingerprint density at radius 3 is 2.60 bits per heavy atom. The van der Waals surface area contributed by atoms with Gasteiger partial charge in [-0.05, 0) is 63.7 Å². The van der Waals surface area contributed by atoms with Gasteiger partial charge in [0.2, 0.25) is 20.9 Å². The second-order valence-electron chi connectivity index (χ2n) is 12.1. The molecule has 252 valence electrons. The Balaban J connectivity index is 1.55. The second kappa shape index (κ2) is 14.7. The summed E-state index contributed by atoms with van der Waals surface area (Å²) >= 11 is 0. The van der Waals surface area contributed by atoms with Crippen LogP contribution in [0.15, 0.2) is 45.9 Å². The Kier molecular flexibility index (Phi) is 10.7. The van der Waals surface area contributed by atoms with Crippen molar-refractivity contribution >= 4 is 50.2 Å². The Morgan fingerprint density at radius 1 is 1.21 bits per heavy atom. The molecule has 0 amide bonds. The number of hydrogen-bond donors (Lipinski definition) is 4. The smallest absolute Gasteiger partial charge is 0.263 e. The van der Waals surface area contributed by atoms with Crippen LogP contribution in [0.25, 0.3) is 11.0 Å². The number of sulfone groups is 1. The number of benzene rings is 1. The normalized spacial score (nSPS) is 16.7. The van der Waals surface area contributed by atoms with E-state index in [0.29, 0.717) is 37.7 Å². The van der Waals surface area contributed by atoms with Crippen molar-refractivity contribution in [1.29, 1.82) is 5.41 Å². The molecule has 0 atom stereocenters. The number of pyridine rings is 1. The first-order valence-electron chi connectivity index (χ1n) is 15.6. The number of rotatable bonds is 12. The number of carbonyl (C=O) groups excluding carboxylic acids is 1. The summed E-state index contributed by atoms with van der Waals surface area (Å²) in [5.74, 6) is -0.968. The largest absolute Gasteiger partial charge is 0.498 e. The maximum absolute atomic E-state index is 14.0. The number of nitrogens with zero attached hydrogens (tertiary/aromatic N) is 5. The molecule has 4 N–H and O–H groups in total. The number of fused-ring (bicyclic) bond motifs is 1. The fraction of sp³-hybridized carbons (Fsp3) is 0.469. The summed E-state index contributed by atoms with van der Waals surface area (Å²) in [5.41, 5.74) is 1.94. The highest BCUT2D eigenvalue weighted by atomic mass is 32.2. The van der Waals surface area contributed by atoms with Crippen molar-refractivity contribution in [2.24, 2.45) is 5.92 Å². The summed E-state index contributed by atoms with van der Waals surface area (Å²) in [6.45, 7) is 6.16. The van der Waals surface area contributed by atoms with E-state index >= 15 is 0 Å². The number of aliphatic hydroxyl groups excluding tert-OH is 1. The minimum absolute atomic E-state index is 0.0906. The van der Waals surface area contributed by atoms with Crippen LogP contribution in [0.2, 0.25) is 0 Å². The highest BCUT2D eigenvalue weighted by Gasteiger charge is 2.28. The third-order valence-electron chi connectivity index (χ3n) is 8.47. The zero-order valence-electron chi connectivity index (χ0n) is 27.0. The molecule has 3 aromatic rings. The lowest BCUT2D eigenvalue weighted by Gasteiger charge is -2.30. The number of nitrogens with one attached hydrogen (secondary N) is 3. The van der Waals surface area contributed by atoms with Gasteiger partial charge in [0.1, 0.15) is 5.65 Å². The van der Waals surface area contributed by atoms with Crippen LogP contribution in [-0.4, -0.2) is 111 Å². The number of hydrogen-bond acceptors (Lipinski definition) is 13. The van der Waals surface area contributed by atoms with E-state index in [0.717, 1.165) is 47.7 Å². The van der Waals surface area contributed by atoms with Gasteiger partial charge in [0.25, 0.3) is 5.56 Å². The van der Waals surface area contributed by atoms with Crippen molar-refractivity contribution in [2.75, 3.05) is 76.0 Å². The number of ether oxygens (including phenoxy) is 1. The van der Waals surface area contributed by atoms with Gasteiger partial charge in [0.05, 0.1) is 17.9 Å². The number of carbonyl (C=O) groups is 1. The van der Waals surface area contributed by atoms with Crippen LogP contribution in [0.4, 0.5) is 17.3 Å². The number of ketones is 1. The molecular weight excluding hydrogens is 624 g/mol. The maximum atomic E-state index is 14.0. The van der Waals surface area contributed by atoms with Crippen molar-refractivity contribution in [1.82, 2.24) is 24.8 Å². The summed E-state index contributed by atoms with van der Waals surface area (Å²) in [7, 11) is -0.763. The van der Waals surface area contributed by atoms with Gasteiger partial charge < -0.3 is 35.7 Å². The number of piperazine rings is 1. The lowest BCUT2D eigenvalue weighted by Crippen LogP contribution is -2.43. The molecule has 15 heteroatoms. The van der Waals surface area contributed by atoms with Crippen LogP contribution >= 0.6 is 0 Å². The van der Waals surface area contributed by atoms with Gasteiger partial charge in [-0.15, -0.1) is 0 Å². The topological polar surface area (TPSA) is 183 Å². The predicted molar refractivity (Wildman–Crippen MR) is 182 cm³/mol. The van der Waals surface area contributed by atoms with Crippen LogP contribution in [0.1, 0.15) is 28.8 Å². The van der Waals surface area contributed by atoms with Crippen LogP contribution < -0.4 is 21.1 Å². The highest BCUT2D eigenvalue weighted by Crippen LogP contribution is 2.27. The Bertz CT molecular complexity index is 1840. The fourth-order valence-corrected chi connectivity index (χ4v) is 7.11. The van der Waals surface area contributed by atoms with Gasteiger partial charge in [-0.25, -0.2) is 13.4 Å². The second-order valence-corrected chi connectivity index (χ2v) is 14.2. The first-order valence-corrected chi connectivity index (χ1v) is 17.3. The number of Topliss-reactive ketones (excluding diaryl/α,β-unsaturated/α-hetero) is 1. The quantitative estimate of drug-likeness (QED) is 0.126. The lowest BCUT2D eigenvalue weighted by molar-refractivity contribution is 0.0543. The summed E-state index contributed by atoms with van der Waals surface area (Å²) in [4.78, 5) is 40.6. The van der Waals surface area contributed by atoms with Crippen LogP contribution in [0, 0.1) is 18.3 Å². The monoisotopic (exact) mass is 666 g/mol. The van der Waals surface area contributed by atoms with E-state index in [4.69, 9.17) is 10.1 Å². The molecule has 2 saturated heterocycles. The Labute approximate surface area is 273 Å². The molecule has 5 rings (SSSR count). The molecule has 0 spiro atoms. The van der Waals surface area contributed by atoms with Crippen LogP contribution in [0.5, 0.6) is 0 Å². The third kappa shape index (κ3) is 7.87. The minimum Gasteiger partial charge on any atom is -0.498 e. The van der Waals surface area contributed by atoms with E-state index in [2.05, 4.69) is 25.5 Å². The van der Waals surface area contributed by atoms with Crippen LogP contribution in [-0.2, 0) is 21.1 Å². The van der Waals surface area contributed by atoms with Gasteiger partial charge in [0, 0.05) is 86.6 Å².